The number of rotatable bonds is 5. The first-order chi connectivity index (χ1) is 10.6. The zero-order valence-electron chi connectivity index (χ0n) is 13.1. The molecule has 0 bridgehead atoms. The Morgan fingerprint density at radius 2 is 2.23 bits per heavy atom. The molecular formula is C16H24ClN3O2. The average molecular weight is 326 g/mol. The predicted molar refractivity (Wildman–Crippen MR) is 89.7 cm³/mol. The summed E-state index contributed by atoms with van der Waals surface area (Å²) < 4.78 is 5.82. The van der Waals surface area contributed by atoms with E-state index in [0.29, 0.717) is 18.1 Å². The second kappa shape index (κ2) is 8.25. The lowest BCUT2D eigenvalue weighted by Crippen LogP contribution is -2.41. The van der Waals surface area contributed by atoms with Crippen molar-refractivity contribution in [2.24, 2.45) is 4.99 Å². The Kier molecular flexibility index (Phi) is 6.34. The summed E-state index contributed by atoms with van der Waals surface area (Å²) in [4.78, 5) is 6.70. The molecule has 0 spiro atoms. The molecule has 1 aromatic rings. The van der Waals surface area contributed by atoms with Crippen LogP contribution in [0.4, 0.5) is 0 Å². The molecule has 6 heteroatoms. The van der Waals surface area contributed by atoms with Gasteiger partial charge in [-0.05, 0) is 44.5 Å². The molecular weight excluding hydrogens is 302 g/mol. The summed E-state index contributed by atoms with van der Waals surface area (Å²) in [5.41, 5.74) is 0. The molecule has 1 heterocycles. The van der Waals surface area contributed by atoms with Gasteiger partial charge in [-0.15, -0.1) is 0 Å². The fourth-order valence-electron chi connectivity index (χ4n) is 2.36. The Hall–Kier alpha value is -1.46. The van der Waals surface area contributed by atoms with Gasteiger partial charge in [-0.1, -0.05) is 11.6 Å². The third-order valence-electron chi connectivity index (χ3n) is 3.45. The second-order valence-electron chi connectivity index (χ2n) is 5.47. The number of likely N-dealkylation sites (tertiary alicyclic amines) is 1. The van der Waals surface area contributed by atoms with Crippen LogP contribution in [-0.2, 0) is 0 Å². The summed E-state index contributed by atoms with van der Waals surface area (Å²) in [5, 5.41) is 13.6. The van der Waals surface area contributed by atoms with Gasteiger partial charge >= 0.3 is 0 Å². The lowest BCUT2D eigenvalue weighted by molar-refractivity contribution is 0.187. The van der Waals surface area contributed by atoms with E-state index < -0.39 is 0 Å². The number of nitrogens with zero attached hydrogens (tertiary/aromatic N) is 2. The highest BCUT2D eigenvalue weighted by Crippen LogP contribution is 2.17. The number of halogens is 1. The summed E-state index contributed by atoms with van der Waals surface area (Å²) in [6.07, 6.45) is 0.496. The molecule has 0 aliphatic carbocycles. The number of hydrogen-bond donors (Lipinski definition) is 2. The highest BCUT2D eigenvalue weighted by Gasteiger charge is 2.22. The average Bonchev–Trinajstić information content (AvgIpc) is 2.92. The van der Waals surface area contributed by atoms with Crippen molar-refractivity contribution in [3.05, 3.63) is 29.3 Å². The van der Waals surface area contributed by atoms with Crippen LogP contribution in [0.15, 0.2) is 29.3 Å². The van der Waals surface area contributed by atoms with Gasteiger partial charge in [0.25, 0.3) is 0 Å². The number of aliphatic imine (C=N–C) groups is 1. The minimum atomic E-state index is -0.258. The molecule has 0 aromatic heterocycles. The van der Waals surface area contributed by atoms with E-state index in [0.717, 1.165) is 31.2 Å². The van der Waals surface area contributed by atoms with Crippen LogP contribution in [0.3, 0.4) is 0 Å². The summed E-state index contributed by atoms with van der Waals surface area (Å²) in [6.45, 7) is 6.85. The Morgan fingerprint density at radius 1 is 1.50 bits per heavy atom. The predicted octanol–water partition coefficient (Wildman–Crippen LogP) is 2.14. The van der Waals surface area contributed by atoms with Crippen molar-refractivity contribution in [1.82, 2.24) is 10.2 Å². The van der Waals surface area contributed by atoms with Gasteiger partial charge in [0.1, 0.15) is 11.9 Å². The number of benzene rings is 1. The second-order valence-corrected chi connectivity index (χ2v) is 5.90. The van der Waals surface area contributed by atoms with Gasteiger partial charge in [-0.2, -0.15) is 0 Å². The first kappa shape index (κ1) is 16.9. The first-order valence-electron chi connectivity index (χ1n) is 7.72. The molecule has 2 atom stereocenters. The third-order valence-corrected chi connectivity index (χ3v) is 3.70. The Balaban J connectivity index is 1.90. The van der Waals surface area contributed by atoms with E-state index >= 15 is 0 Å². The molecule has 2 N–H and O–H groups in total. The standard InChI is InChI=1S/C16H24ClN3O2/c1-3-18-16(20-9-8-14(21)11-20)19-10-12(2)22-15-6-4-13(17)5-7-15/h4-7,12,14,21H,3,8-11H2,1-2H3,(H,18,19)/t12?,14-/m1/s1. The number of guanidine groups is 1. The van der Waals surface area contributed by atoms with Gasteiger partial charge in [0.15, 0.2) is 5.96 Å². The lowest BCUT2D eigenvalue weighted by atomic mass is 10.3. The fraction of sp³-hybridized carbons (Fsp3) is 0.562. The highest BCUT2D eigenvalue weighted by atomic mass is 35.5. The van der Waals surface area contributed by atoms with Crippen molar-refractivity contribution in [2.45, 2.75) is 32.5 Å². The molecule has 1 aliphatic heterocycles. The largest absolute Gasteiger partial charge is 0.489 e. The number of hydrogen-bond acceptors (Lipinski definition) is 3. The number of nitrogens with one attached hydrogen (secondary N) is 1. The topological polar surface area (TPSA) is 57.1 Å². The van der Waals surface area contributed by atoms with E-state index in [1.165, 1.54) is 0 Å². The lowest BCUT2D eigenvalue weighted by Gasteiger charge is -2.22. The van der Waals surface area contributed by atoms with Crippen LogP contribution in [0.25, 0.3) is 0 Å². The molecule has 1 saturated heterocycles. The van der Waals surface area contributed by atoms with Crippen LogP contribution in [0.2, 0.25) is 5.02 Å². The van der Waals surface area contributed by atoms with E-state index in [2.05, 4.69) is 15.2 Å². The number of aliphatic hydroxyl groups is 1. The molecule has 0 amide bonds. The van der Waals surface area contributed by atoms with Gasteiger partial charge in [-0.25, -0.2) is 4.99 Å². The third kappa shape index (κ3) is 5.07. The van der Waals surface area contributed by atoms with E-state index in [-0.39, 0.29) is 12.2 Å². The van der Waals surface area contributed by atoms with E-state index in [9.17, 15) is 5.11 Å². The van der Waals surface area contributed by atoms with E-state index in [1.807, 2.05) is 38.1 Å². The SMILES string of the molecule is CCNC(=NCC(C)Oc1ccc(Cl)cc1)N1CC[C@@H](O)C1. The number of ether oxygens (including phenoxy) is 1. The monoisotopic (exact) mass is 325 g/mol. The molecule has 1 aromatic carbocycles. The van der Waals surface area contributed by atoms with E-state index in [4.69, 9.17) is 16.3 Å². The molecule has 1 aliphatic rings. The van der Waals surface area contributed by atoms with Crippen molar-refractivity contribution >= 4 is 17.6 Å². The summed E-state index contributed by atoms with van der Waals surface area (Å²) in [6, 6.07) is 7.32. The molecule has 0 radical (unpaired) electrons. The highest BCUT2D eigenvalue weighted by molar-refractivity contribution is 6.30. The van der Waals surface area contributed by atoms with Gasteiger partial charge in [0.05, 0.1) is 12.6 Å². The fourth-order valence-corrected chi connectivity index (χ4v) is 2.48. The van der Waals surface area contributed by atoms with Gasteiger partial charge < -0.3 is 20.1 Å². The van der Waals surface area contributed by atoms with Crippen molar-refractivity contribution in [3.8, 4) is 5.75 Å². The molecule has 122 valence electrons. The van der Waals surface area contributed by atoms with Crippen LogP contribution < -0.4 is 10.1 Å². The van der Waals surface area contributed by atoms with Crippen LogP contribution in [0.5, 0.6) is 5.75 Å². The van der Waals surface area contributed by atoms with Gasteiger partial charge in [-0.3, -0.25) is 0 Å². The van der Waals surface area contributed by atoms with Crippen molar-refractivity contribution < 1.29 is 9.84 Å². The quantitative estimate of drug-likeness (QED) is 0.643. The Morgan fingerprint density at radius 3 is 2.82 bits per heavy atom. The van der Waals surface area contributed by atoms with Crippen molar-refractivity contribution in [3.63, 3.8) is 0 Å². The van der Waals surface area contributed by atoms with Crippen LogP contribution in [-0.4, -0.2) is 54.4 Å². The van der Waals surface area contributed by atoms with Crippen molar-refractivity contribution in [1.29, 1.82) is 0 Å². The van der Waals surface area contributed by atoms with Crippen molar-refractivity contribution in [2.75, 3.05) is 26.2 Å². The number of aliphatic hydroxyl groups excluding tert-OH is 1. The minimum absolute atomic E-state index is 0.0395. The van der Waals surface area contributed by atoms with Gasteiger partial charge in [0.2, 0.25) is 0 Å². The molecule has 1 unspecified atom stereocenters. The van der Waals surface area contributed by atoms with Crippen LogP contribution in [0, 0.1) is 0 Å². The molecule has 1 fully saturated rings. The zero-order chi connectivity index (χ0) is 15.9. The maximum Gasteiger partial charge on any atom is 0.194 e. The van der Waals surface area contributed by atoms with E-state index in [1.54, 1.807) is 0 Å². The molecule has 0 saturated carbocycles. The van der Waals surface area contributed by atoms with Crippen LogP contribution in [0.1, 0.15) is 20.3 Å². The summed E-state index contributed by atoms with van der Waals surface area (Å²) in [7, 11) is 0. The molecule has 5 nitrogen and oxygen atoms in total. The summed E-state index contributed by atoms with van der Waals surface area (Å²) >= 11 is 5.86. The maximum absolute atomic E-state index is 9.65. The minimum Gasteiger partial charge on any atom is -0.489 e. The van der Waals surface area contributed by atoms with Gasteiger partial charge in [0, 0.05) is 24.7 Å². The molecule has 2 rings (SSSR count). The maximum atomic E-state index is 9.65. The number of β-amino-alcohol motifs (C(OH)–C–C–N with tert-alkyl or cyclic N) is 1. The Labute approximate surface area is 136 Å². The zero-order valence-corrected chi connectivity index (χ0v) is 13.9. The molecule has 22 heavy (non-hydrogen) atoms. The first-order valence-corrected chi connectivity index (χ1v) is 8.09. The summed E-state index contributed by atoms with van der Waals surface area (Å²) in [5.74, 6) is 1.62. The smallest absolute Gasteiger partial charge is 0.194 e. The normalized spacial score (nSPS) is 20.1. The van der Waals surface area contributed by atoms with Crippen LogP contribution >= 0.6 is 11.6 Å². The Bertz CT molecular complexity index is 493.